The highest BCUT2D eigenvalue weighted by molar-refractivity contribution is 9.10. The van der Waals surface area contributed by atoms with Gasteiger partial charge in [-0.2, -0.15) is 5.06 Å². The van der Waals surface area contributed by atoms with Gasteiger partial charge in [0.25, 0.3) is 0 Å². The molecule has 1 fully saturated rings. The lowest BCUT2D eigenvalue weighted by Crippen LogP contribution is -2.21. The normalized spacial score (nSPS) is 22.9. The molecule has 1 aliphatic rings. The van der Waals surface area contributed by atoms with Gasteiger partial charge in [0.15, 0.2) is 0 Å². The molecule has 0 spiro atoms. The van der Waals surface area contributed by atoms with Crippen LogP contribution in [-0.4, -0.2) is 34.4 Å². The Kier molecular flexibility index (Phi) is 3.12. The molecule has 0 bridgehead atoms. The molecule has 1 aromatic rings. The van der Waals surface area contributed by atoms with Crippen LogP contribution in [0.15, 0.2) is 22.8 Å². The summed E-state index contributed by atoms with van der Waals surface area (Å²) in [4.78, 5) is 9.46. The van der Waals surface area contributed by atoms with Gasteiger partial charge >= 0.3 is 0 Å². The van der Waals surface area contributed by atoms with E-state index in [2.05, 4.69) is 20.9 Å². The number of rotatable bonds is 2. The number of β-amino-alcohol motifs (C(OH)–C–C–N with tert-alkyl or cyclic N) is 1. The molecule has 2 rings (SSSR count). The Morgan fingerprint density at radius 2 is 2.57 bits per heavy atom. The van der Waals surface area contributed by atoms with Crippen LogP contribution in [0.5, 0.6) is 0 Å². The fraction of sp³-hybridized carbons (Fsp3) is 0.444. The van der Waals surface area contributed by atoms with Crippen molar-refractivity contribution < 1.29 is 9.94 Å². The Morgan fingerprint density at radius 1 is 1.71 bits per heavy atom. The Morgan fingerprint density at radius 3 is 3.21 bits per heavy atom. The molecule has 1 saturated heterocycles. The van der Waals surface area contributed by atoms with Gasteiger partial charge in [0.2, 0.25) is 0 Å². The highest BCUT2D eigenvalue weighted by Crippen LogP contribution is 2.17. The Hall–Kier alpha value is -0.490. The van der Waals surface area contributed by atoms with E-state index in [0.717, 1.165) is 10.2 Å². The average molecular weight is 259 g/mol. The smallest absolute Gasteiger partial charge is 0.0958 e. The Balaban J connectivity index is 2.01. The SMILES string of the molecule is O[C@H]1CON(Cc2ncccc2Br)C1. The first kappa shape index (κ1) is 10.0. The van der Waals surface area contributed by atoms with Crippen molar-refractivity contribution in [3.8, 4) is 0 Å². The first-order valence-electron chi connectivity index (χ1n) is 4.41. The number of aliphatic hydroxyl groups is 1. The molecule has 0 amide bonds. The second kappa shape index (κ2) is 4.35. The van der Waals surface area contributed by atoms with E-state index >= 15 is 0 Å². The largest absolute Gasteiger partial charge is 0.389 e. The van der Waals surface area contributed by atoms with Crippen LogP contribution in [0.3, 0.4) is 0 Å². The van der Waals surface area contributed by atoms with Crippen LogP contribution in [0, 0.1) is 0 Å². The molecule has 0 saturated carbocycles. The van der Waals surface area contributed by atoms with Gasteiger partial charge in [-0.1, -0.05) is 0 Å². The molecule has 76 valence electrons. The number of halogens is 1. The van der Waals surface area contributed by atoms with Gasteiger partial charge in [-0.3, -0.25) is 9.82 Å². The minimum atomic E-state index is -0.377. The number of nitrogens with zero attached hydrogens (tertiary/aromatic N) is 2. The van der Waals surface area contributed by atoms with Crippen LogP contribution < -0.4 is 0 Å². The predicted octanol–water partition coefficient (Wildman–Crippen LogP) is 0.952. The molecular formula is C9H11BrN2O2. The summed E-state index contributed by atoms with van der Waals surface area (Å²) in [7, 11) is 0. The van der Waals surface area contributed by atoms with Crippen molar-refractivity contribution in [3.63, 3.8) is 0 Å². The van der Waals surface area contributed by atoms with Crippen LogP contribution in [0.25, 0.3) is 0 Å². The second-order valence-corrected chi connectivity index (χ2v) is 4.06. The topological polar surface area (TPSA) is 45.6 Å². The van der Waals surface area contributed by atoms with Gasteiger partial charge in [-0.05, 0) is 28.1 Å². The first-order chi connectivity index (χ1) is 6.75. The van der Waals surface area contributed by atoms with E-state index in [4.69, 9.17) is 4.84 Å². The molecule has 2 heterocycles. The molecule has 1 atom stereocenters. The van der Waals surface area contributed by atoms with Gasteiger partial charge in [-0.25, -0.2) is 0 Å². The molecule has 0 aliphatic carbocycles. The van der Waals surface area contributed by atoms with E-state index in [1.54, 1.807) is 11.3 Å². The third-order valence-electron chi connectivity index (χ3n) is 2.02. The summed E-state index contributed by atoms with van der Waals surface area (Å²) in [6.45, 7) is 1.52. The van der Waals surface area contributed by atoms with Gasteiger partial charge in [0.05, 0.1) is 31.5 Å². The summed E-state index contributed by atoms with van der Waals surface area (Å²) in [5.74, 6) is 0. The first-order valence-corrected chi connectivity index (χ1v) is 5.20. The molecule has 0 aromatic carbocycles. The van der Waals surface area contributed by atoms with E-state index in [0.29, 0.717) is 19.7 Å². The number of aliphatic hydroxyl groups excluding tert-OH is 1. The van der Waals surface area contributed by atoms with Crippen LogP contribution >= 0.6 is 15.9 Å². The standard InChI is InChI=1S/C9H11BrN2O2/c10-8-2-1-3-11-9(8)5-12-4-7(13)6-14-12/h1-3,7,13H,4-6H2/t7-/m1/s1. The molecular weight excluding hydrogens is 248 g/mol. The fourth-order valence-corrected chi connectivity index (χ4v) is 1.72. The maximum absolute atomic E-state index is 9.25. The number of hydrogen-bond acceptors (Lipinski definition) is 4. The van der Waals surface area contributed by atoms with Crippen molar-refractivity contribution in [2.45, 2.75) is 12.6 Å². The van der Waals surface area contributed by atoms with Gasteiger partial charge in [0, 0.05) is 10.7 Å². The quantitative estimate of drug-likeness (QED) is 0.859. The minimum absolute atomic E-state index is 0.377. The molecule has 5 heteroatoms. The predicted molar refractivity (Wildman–Crippen MR) is 54.3 cm³/mol. The average Bonchev–Trinajstić information content (AvgIpc) is 2.56. The monoisotopic (exact) mass is 258 g/mol. The number of hydrogen-bond donors (Lipinski definition) is 1. The molecule has 1 N–H and O–H groups in total. The van der Waals surface area contributed by atoms with Crippen molar-refractivity contribution in [2.24, 2.45) is 0 Å². The zero-order valence-corrected chi connectivity index (χ0v) is 9.14. The highest BCUT2D eigenvalue weighted by atomic mass is 79.9. The zero-order chi connectivity index (χ0) is 9.97. The Bertz CT molecular complexity index is 321. The molecule has 0 radical (unpaired) electrons. The van der Waals surface area contributed by atoms with Crippen LogP contribution in [0.1, 0.15) is 5.69 Å². The maximum Gasteiger partial charge on any atom is 0.0958 e. The van der Waals surface area contributed by atoms with E-state index in [1.165, 1.54) is 0 Å². The third kappa shape index (κ3) is 2.30. The number of hydroxylamine groups is 2. The summed E-state index contributed by atoms with van der Waals surface area (Å²) in [6, 6.07) is 3.81. The van der Waals surface area contributed by atoms with Gasteiger partial charge in [-0.15, -0.1) is 0 Å². The van der Waals surface area contributed by atoms with E-state index < -0.39 is 0 Å². The highest BCUT2D eigenvalue weighted by Gasteiger charge is 2.22. The maximum atomic E-state index is 9.25. The number of pyridine rings is 1. The zero-order valence-electron chi connectivity index (χ0n) is 7.56. The van der Waals surface area contributed by atoms with E-state index in [-0.39, 0.29) is 6.10 Å². The lowest BCUT2D eigenvalue weighted by molar-refractivity contribution is -0.118. The molecule has 1 aromatic heterocycles. The number of aromatic nitrogens is 1. The van der Waals surface area contributed by atoms with Crippen molar-refractivity contribution in [1.82, 2.24) is 10.0 Å². The summed E-state index contributed by atoms with van der Waals surface area (Å²) in [5.41, 5.74) is 0.918. The van der Waals surface area contributed by atoms with Crippen LogP contribution in [0.2, 0.25) is 0 Å². The molecule has 1 aliphatic heterocycles. The summed E-state index contributed by atoms with van der Waals surface area (Å²) < 4.78 is 0.963. The minimum Gasteiger partial charge on any atom is -0.389 e. The van der Waals surface area contributed by atoms with Crippen molar-refractivity contribution in [3.05, 3.63) is 28.5 Å². The second-order valence-electron chi connectivity index (χ2n) is 3.20. The van der Waals surface area contributed by atoms with Crippen molar-refractivity contribution in [1.29, 1.82) is 0 Å². The molecule has 0 unspecified atom stereocenters. The van der Waals surface area contributed by atoms with Gasteiger partial charge in [0.1, 0.15) is 0 Å². The van der Waals surface area contributed by atoms with Crippen molar-refractivity contribution in [2.75, 3.05) is 13.2 Å². The third-order valence-corrected chi connectivity index (χ3v) is 2.75. The lowest BCUT2D eigenvalue weighted by atomic mass is 10.3. The molecule has 4 nitrogen and oxygen atoms in total. The lowest BCUT2D eigenvalue weighted by Gasteiger charge is -2.13. The van der Waals surface area contributed by atoms with E-state index in [1.807, 2.05) is 12.1 Å². The van der Waals surface area contributed by atoms with Crippen molar-refractivity contribution >= 4 is 15.9 Å². The summed E-state index contributed by atoms with van der Waals surface area (Å²) in [5, 5.41) is 11.0. The summed E-state index contributed by atoms with van der Waals surface area (Å²) in [6.07, 6.45) is 1.37. The van der Waals surface area contributed by atoms with Crippen LogP contribution in [0.4, 0.5) is 0 Å². The fourth-order valence-electron chi connectivity index (χ4n) is 1.34. The van der Waals surface area contributed by atoms with E-state index in [9.17, 15) is 5.11 Å². The molecule has 14 heavy (non-hydrogen) atoms. The van der Waals surface area contributed by atoms with Crippen LogP contribution in [-0.2, 0) is 11.4 Å². The Labute approximate surface area is 90.6 Å². The van der Waals surface area contributed by atoms with Gasteiger partial charge < -0.3 is 5.11 Å². The summed E-state index contributed by atoms with van der Waals surface area (Å²) >= 11 is 3.41.